The summed E-state index contributed by atoms with van der Waals surface area (Å²) in [5.74, 6) is -0.222. The predicted molar refractivity (Wildman–Crippen MR) is 62.1 cm³/mol. The Kier molecular flexibility index (Phi) is 5.25. The zero-order valence-corrected chi connectivity index (χ0v) is 10.1. The smallest absolute Gasteiger partial charge is 0.321 e. The van der Waals surface area contributed by atoms with Crippen LogP contribution in [0.5, 0.6) is 0 Å². The molecule has 1 heterocycles. The second kappa shape index (κ2) is 6.48. The van der Waals surface area contributed by atoms with Crippen LogP contribution in [0.2, 0.25) is 0 Å². The van der Waals surface area contributed by atoms with Crippen LogP contribution in [0.1, 0.15) is 33.1 Å². The lowest BCUT2D eigenvalue weighted by Crippen LogP contribution is -2.47. The van der Waals surface area contributed by atoms with Gasteiger partial charge in [0, 0.05) is 6.04 Å². The zero-order valence-electron chi connectivity index (χ0n) is 10.1. The molecule has 0 aromatic heterocycles. The molecule has 1 aliphatic rings. The molecule has 1 aliphatic heterocycles. The summed E-state index contributed by atoms with van der Waals surface area (Å²) in [5.41, 5.74) is 0. The van der Waals surface area contributed by atoms with Crippen molar-refractivity contribution in [1.82, 2.24) is 15.5 Å². The van der Waals surface area contributed by atoms with E-state index >= 15 is 0 Å². The molecule has 1 rings (SSSR count). The number of amides is 3. The van der Waals surface area contributed by atoms with E-state index in [4.69, 9.17) is 0 Å². The summed E-state index contributed by atoms with van der Waals surface area (Å²) in [6.07, 6.45) is 3.53. The number of carbonyl (C=O) groups is 2. The highest BCUT2D eigenvalue weighted by molar-refractivity contribution is 5.95. The number of hydrogen-bond donors (Lipinski definition) is 2. The van der Waals surface area contributed by atoms with Gasteiger partial charge in [0.25, 0.3) is 0 Å². The van der Waals surface area contributed by atoms with Crippen LogP contribution in [-0.4, -0.2) is 42.5 Å². The fraction of sp³-hybridized carbons (Fsp3) is 0.818. The van der Waals surface area contributed by atoms with Crippen LogP contribution >= 0.6 is 0 Å². The number of piperidine rings is 1. The van der Waals surface area contributed by atoms with Crippen LogP contribution in [0, 0.1) is 0 Å². The molecule has 0 aromatic rings. The van der Waals surface area contributed by atoms with Gasteiger partial charge in [0.05, 0.1) is 6.54 Å². The van der Waals surface area contributed by atoms with E-state index in [0.717, 1.165) is 25.9 Å². The predicted octanol–water partition coefficient (Wildman–Crippen LogP) is 0.706. The van der Waals surface area contributed by atoms with Crippen LogP contribution in [0.4, 0.5) is 4.79 Å². The number of nitrogens with one attached hydrogen (secondary N) is 2. The molecule has 16 heavy (non-hydrogen) atoms. The van der Waals surface area contributed by atoms with E-state index in [1.165, 1.54) is 6.42 Å². The zero-order chi connectivity index (χ0) is 12.0. The minimum absolute atomic E-state index is 0.0442. The molecule has 5 heteroatoms. The molecule has 92 valence electrons. The van der Waals surface area contributed by atoms with E-state index in [9.17, 15) is 9.59 Å². The Morgan fingerprint density at radius 1 is 1.19 bits per heavy atom. The Morgan fingerprint density at radius 3 is 2.38 bits per heavy atom. The fourth-order valence-electron chi connectivity index (χ4n) is 1.79. The molecule has 3 amide bonds. The van der Waals surface area contributed by atoms with E-state index in [0.29, 0.717) is 6.54 Å². The molecular formula is C11H21N3O2. The lowest BCUT2D eigenvalue weighted by atomic mass is 10.1. The largest absolute Gasteiger partial charge is 0.336 e. The summed E-state index contributed by atoms with van der Waals surface area (Å²) in [5, 5.41) is 4.95. The van der Waals surface area contributed by atoms with Crippen molar-refractivity contribution in [2.45, 2.75) is 39.2 Å². The van der Waals surface area contributed by atoms with Gasteiger partial charge < -0.3 is 5.32 Å². The summed E-state index contributed by atoms with van der Waals surface area (Å²) in [6, 6.07) is -0.361. The van der Waals surface area contributed by atoms with Gasteiger partial charge in [-0.05, 0) is 39.8 Å². The molecule has 0 aromatic carbocycles. The molecule has 0 spiro atoms. The lowest BCUT2D eigenvalue weighted by Gasteiger charge is -2.25. The van der Waals surface area contributed by atoms with E-state index in [1.807, 2.05) is 13.8 Å². The van der Waals surface area contributed by atoms with E-state index < -0.39 is 6.03 Å². The third-order valence-electron chi connectivity index (χ3n) is 2.49. The fourth-order valence-corrected chi connectivity index (χ4v) is 1.79. The Balaban J connectivity index is 2.21. The lowest BCUT2D eigenvalue weighted by molar-refractivity contribution is -0.121. The maximum atomic E-state index is 11.5. The van der Waals surface area contributed by atoms with Crippen molar-refractivity contribution in [3.8, 4) is 0 Å². The normalized spacial score (nSPS) is 17.2. The second-order valence-corrected chi connectivity index (χ2v) is 4.51. The number of imide groups is 1. The van der Waals surface area contributed by atoms with Gasteiger partial charge in [0.2, 0.25) is 5.91 Å². The maximum absolute atomic E-state index is 11.5. The van der Waals surface area contributed by atoms with Gasteiger partial charge in [-0.15, -0.1) is 0 Å². The SMILES string of the molecule is CC(C)NC(=O)NC(=O)CN1CCCCC1. The third kappa shape index (κ3) is 5.11. The standard InChI is InChI=1S/C11H21N3O2/c1-9(2)12-11(16)13-10(15)8-14-6-4-3-5-7-14/h9H,3-8H2,1-2H3,(H2,12,13,15,16). The van der Waals surface area contributed by atoms with Crippen molar-refractivity contribution in [2.24, 2.45) is 0 Å². The highest BCUT2D eigenvalue weighted by Crippen LogP contribution is 2.07. The number of likely N-dealkylation sites (tertiary alicyclic amines) is 1. The summed E-state index contributed by atoms with van der Waals surface area (Å²) in [6.45, 7) is 5.95. The Bertz CT molecular complexity index is 248. The van der Waals surface area contributed by atoms with Gasteiger partial charge in [-0.25, -0.2) is 4.79 Å². The summed E-state index contributed by atoms with van der Waals surface area (Å²) in [7, 11) is 0. The average molecular weight is 227 g/mol. The van der Waals surface area contributed by atoms with Gasteiger partial charge in [0.1, 0.15) is 0 Å². The first-order chi connectivity index (χ1) is 7.58. The molecule has 5 nitrogen and oxygen atoms in total. The van der Waals surface area contributed by atoms with Gasteiger partial charge in [-0.3, -0.25) is 15.0 Å². The van der Waals surface area contributed by atoms with Crippen LogP contribution in [0.25, 0.3) is 0 Å². The Hall–Kier alpha value is -1.10. The van der Waals surface area contributed by atoms with Crippen molar-refractivity contribution in [2.75, 3.05) is 19.6 Å². The third-order valence-corrected chi connectivity index (χ3v) is 2.49. The average Bonchev–Trinajstić information content (AvgIpc) is 2.17. The van der Waals surface area contributed by atoms with Crippen molar-refractivity contribution in [3.05, 3.63) is 0 Å². The molecule has 1 fully saturated rings. The summed E-state index contributed by atoms with van der Waals surface area (Å²) >= 11 is 0. The number of nitrogens with zero attached hydrogens (tertiary/aromatic N) is 1. The molecule has 0 radical (unpaired) electrons. The highest BCUT2D eigenvalue weighted by atomic mass is 16.2. The van der Waals surface area contributed by atoms with Crippen molar-refractivity contribution in [3.63, 3.8) is 0 Å². The first kappa shape index (κ1) is 13.0. The van der Waals surface area contributed by atoms with Crippen LogP contribution in [-0.2, 0) is 4.79 Å². The first-order valence-electron chi connectivity index (χ1n) is 5.90. The number of carbonyl (C=O) groups excluding carboxylic acids is 2. The van der Waals surface area contributed by atoms with Crippen molar-refractivity contribution in [1.29, 1.82) is 0 Å². The molecule has 0 unspecified atom stereocenters. The Morgan fingerprint density at radius 2 is 1.81 bits per heavy atom. The molecule has 2 N–H and O–H groups in total. The quantitative estimate of drug-likeness (QED) is 0.746. The van der Waals surface area contributed by atoms with Crippen molar-refractivity contribution >= 4 is 11.9 Å². The Labute approximate surface area is 96.6 Å². The van der Waals surface area contributed by atoms with Gasteiger partial charge in [-0.2, -0.15) is 0 Å². The van der Waals surface area contributed by atoms with Gasteiger partial charge in [0.15, 0.2) is 0 Å². The molecule has 0 atom stereocenters. The molecule has 0 saturated carbocycles. The number of rotatable bonds is 3. The second-order valence-electron chi connectivity index (χ2n) is 4.51. The molecule has 1 saturated heterocycles. The topological polar surface area (TPSA) is 61.4 Å². The maximum Gasteiger partial charge on any atom is 0.321 e. The molecule has 0 bridgehead atoms. The van der Waals surface area contributed by atoms with Crippen LogP contribution in [0.3, 0.4) is 0 Å². The summed E-state index contributed by atoms with van der Waals surface area (Å²) < 4.78 is 0. The number of urea groups is 1. The van der Waals surface area contributed by atoms with Crippen molar-refractivity contribution < 1.29 is 9.59 Å². The molecule has 0 aliphatic carbocycles. The summed E-state index contributed by atoms with van der Waals surface area (Å²) in [4.78, 5) is 24.8. The van der Waals surface area contributed by atoms with E-state index in [-0.39, 0.29) is 11.9 Å². The van der Waals surface area contributed by atoms with Gasteiger partial charge >= 0.3 is 6.03 Å². The molecular weight excluding hydrogens is 206 g/mol. The van der Waals surface area contributed by atoms with Gasteiger partial charge in [-0.1, -0.05) is 6.42 Å². The number of hydrogen-bond acceptors (Lipinski definition) is 3. The first-order valence-corrected chi connectivity index (χ1v) is 5.90. The van der Waals surface area contributed by atoms with Crippen LogP contribution in [0.15, 0.2) is 0 Å². The highest BCUT2D eigenvalue weighted by Gasteiger charge is 2.15. The minimum Gasteiger partial charge on any atom is -0.336 e. The van der Waals surface area contributed by atoms with E-state index in [1.54, 1.807) is 0 Å². The van der Waals surface area contributed by atoms with Crippen LogP contribution < -0.4 is 10.6 Å². The van der Waals surface area contributed by atoms with E-state index in [2.05, 4.69) is 15.5 Å². The minimum atomic E-state index is -0.406. The monoisotopic (exact) mass is 227 g/mol.